The van der Waals surface area contributed by atoms with E-state index in [0.717, 1.165) is 16.7 Å². The standard InChI is InChI=1S/C23H22FN3O2/c1-15-5-4-6-18(16(15)2)13-23(29)26-20-11-12-25-22(14-20)27(17(3)28)21-9-7-19(24)8-10-21/h4-12,14H,13H2,1-3H3,(H,25,26,29). The first kappa shape index (κ1) is 20.2. The third-order valence-corrected chi connectivity index (χ3v) is 4.73. The lowest BCUT2D eigenvalue weighted by Gasteiger charge is -2.21. The number of carbonyl (C=O) groups is 2. The minimum absolute atomic E-state index is 0.160. The monoisotopic (exact) mass is 391 g/mol. The number of amides is 2. The SMILES string of the molecule is CC(=O)N(c1ccc(F)cc1)c1cc(NC(=O)Cc2cccc(C)c2C)ccn1. The van der Waals surface area contributed by atoms with Gasteiger partial charge in [-0.25, -0.2) is 9.37 Å². The van der Waals surface area contributed by atoms with E-state index in [4.69, 9.17) is 0 Å². The maximum Gasteiger partial charge on any atom is 0.229 e. The van der Waals surface area contributed by atoms with Crippen LogP contribution >= 0.6 is 0 Å². The Bertz CT molecular complexity index is 1050. The van der Waals surface area contributed by atoms with Crippen molar-refractivity contribution in [3.05, 3.63) is 83.3 Å². The molecule has 5 nitrogen and oxygen atoms in total. The Morgan fingerprint density at radius 3 is 2.48 bits per heavy atom. The second kappa shape index (κ2) is 8.65. The van der Waals surface area contributed by atoms with Crippen molar-refractivity contribution in [1.29, 1.82) is 0 Å². The Labute approximate surface area is 169 Å². The normalized spacial score (nSPS) is 10.5. The van der Waals surface area contributed by atoms with Crippen molar-refractivity contribution in [2.24, 2.45) is 0 Å². The number of rotatable bonds is 5. The van der Waals surface area contributed by atoms with E-state index in [9.17, 15) is 14.0 Å². The Balaban J connectivity index is 1.81. The van der Waals surface area contributed by atoms with Gasteiger partial charge >= 0.3 is 0 Å². The van der Waals surface area contributed by atoms with Gasteiger partial charge in [0.2, 0.25) is 11.8 Å². The Hall–Kier alpha value is -3.54. The van der Waals surface area contributed by atoms with Crippen LogP contribution in [-0.4, -0.2) is 16.8 Å². The van der Waals surface area contributed by atoms with Gasteiger partial charge in [0.15, 0.2) is 0 Å². The molecular weight excluding hydrogens is 369 g/mol. The lowest BCUT2D eigenvalue weighted by Crippen LogP contribution is -2.24. The van der Waals surface area contributed by atoms with Crippen molar-refractivity contribution in [3.63, 3.8) is 0 Å². The van der Waals surface area contributed by atoms with Crippen LogP contribution in [0.2, 0.25) is 0 Å². The van der Waals surface area contributed by atoms with Gasteiger partial charge in [-0.15, -0.1) is 0 Å². The molecule has 0 atom stereocenters. The zero-order chi connectivity index (χ0) is 21.0. The van der Waals surface area contributed by atoms with Gasteiger partial charge in [-0.3, -0.25) is 14.5 Å². The van der Waals surface area contributed by atoms with Gasteiger partial charge in [0, 0.05) is 24.9 Å². The van der Waals surface area contributed by atoms with Gasteiger partial charge in [0.05, 0.1) is 12.1 Å². The fraction of sp³-hybridized carbons (Fsp3) is 0.174. The molecule has 3 aromatic rings. The van der Waals surface area contributed by atoms with Crippen LogP contribution in [0.1, 0.15) is 23.6 Å². The number of hydrogen-bond donors (Lipinski definition) is 1. The summed E-state index contributed by atoms with van der Waals surface area (Å²) in [6.07, 6.45) is 1.77. The predicted octanol–water partition coefficient (Wildman–Crippen LogP) is 4.70. The van der Waals surface area contributed by atoms with Crippen LogP contribution in [0.3, 0.4) is 0 Å². The van der Waals surface area contributed by atoms with Gasteiger partial charge in [-0.1, -0.05) is 18.2 Å². The maximum atomic E-state index is 13.2. The van der Waals surface area contributed by atoms with Crippen LogP contribution in [0.4, 0.5) is 21.6 Å². The molecule has 0 bridgehead atoms. The number of carbonyl (C=O) groups excluding carboxylic acids is 2. The highest BCUT2D eigenvalue weighted by molar-refractivity contribution is 5.99. The van der Waals surface area contributed by atoms with Crippen molar-refractivity contribution in [3.8, 4) is 0 Å². The third-order valence-electron chi connectivity index (χ3n) is 4.73. The van der Waals surface area contributed by atoms with Crippen molar-refractivity contribution < 1.29 is 14.0 Å². The molecule has 0 aliphatic carbocycles. The van der Waals surface area contributed by atoms with Crippen LogP contribution in [0.15, 0.2) is 60.8 Å². The number of pyridine rings is 1. The third kappa shape index (κ3) is 4.85. The minimum atomic E-state index is -0.391. The number of anilines is 3. The number of hydrogen-bond acceptors (Lipinski definition) is 3. The van der Waals surface area contributed by atoms with Crippen molar-refractivity contribution in [2.75, 3.05) is 10.2 Å². The molecule has 0 saturated heterocycles. The Morgan fingerprint density at radius 2 is 1.79 bits per heavy atom. The average Bonchev–Trinajstić information content (AvgIpc) is 2.67. The summed E-state index contributed by atoms with van der Waals surface area (Å²) in [6, 6.07) is 14.7. The van der Waals surface area contributed by atoms with Crippen molar-refractivity contribution in [1.82, 2.24) is 4.98 Å². The second-order valence-corrected chi connectivity index (χ2v) is 6.82. The number of aryl methyl sites for hydroxylation is 1. The van der Waals surface area contributed by atoms with Crippen LogP contribution < -0.4 is 10.2 Å². The molecule has 1 N–H and O–H groups in total. The van der Waals surface area contributed by atoms with Gasteiger partial charge < -0.3 is 5.32 Å². The highest BCUT2D eigenvalue weighted by Gasteiger charge is 2.16. The zero-order valence-corrected chi connectivity index (χ0v) is 16.6. The molecule has 0 unspecified atom stereocenters. The zero-order valence-electron chi connectivity index (χ0n) is 16.6. The molecular formula is C23H22FN3O2. The van der Waals surface area contributed by atoms with E-state index in [2.05, 4.69) is 10.3 Å². The van der Waals surface area contributed by atoms with E-state index >= 15 is 0 Å². The molecule has 0 aliphatic rings. The van der Waals surface area contributed by atoms with E-state index in [1.54, 1.807) is 12.1 Å². The van der Waals surface area contributed by atoms with Crippen molar-refractivity contribution >= 4 is 29.0 Å². The number of nitrogens with zero attached hydrogens (tertiary/aromatic N) is 2. The first-order chi connectivity index (χ1) is 13.8. The van der Waals surface area contributed by atoms with Crippen LogP contribution in [-0.2, 0) is 16.0 Å². The first-order valence-corrected chi connectivity index (χ1v) is 9.22. The topological polar surface area (TPSA) is 62.3 Å². The van der Waals surface area contributed by atoms with E-state index in [1.807, 2.05) is 32.0 Å². The fourth-order valence-corrected chi connectivity index (χ4v) is 3.07. The molecule has 0 aliphatic heterocycles. The first-order valence-electron chi connectivity index (χ1n) is 9.22. The fourth-order valence-electron chi connectivity index (χ4n) is 3.07. The molecule has 1 heterocycles. The second-order valence-electron chi connectivity index (χ2n) is 6.82. The van der Waals surface area contributed by atoms with Gasteiger partial charge in [-0.05, 0) is 60.9 Å². The Morgan fingerprint density at radius 1 is 1.07 bits per heavy atom. The smallest absolute Gasteiger partial charge is 0.229 e. The lowest BCUT2D eigenvalue weighted by atomic mass is 10.0. The summed E-state index contributed by atoms with van der Waals surface area (Å²) in [5.41, 5.74) is 4.22. The summed E-state index contributed by atoms with van der Waals surface area (Å²) in [7, 11) is 0. The molecule has 3 rings (SSSR count). The van der Waals surface area contributed by atoms with Crippen LogP contribution in [0.5, 0.6) is 0 Å². The summed E-state index contributed by atoms with van der Waals surface area (Å²) in [4.78, 5) is 30.3. The summed E-state index contributed by atoms with van der Waals surface area (Å²) >= 11 is 0. The summed E-state index contributed by atoms with van der Waals surface area (Å²) < 4.78 is 13.2. The number of halogens is 1. The van der Waals surface area contributed by atoms with Gasteiger partial charge in [-0.2, -0.15) is 0 Å². The molecule has 2 amide bonds. The van der Waals surface area contributed by atoms with Gasteiger partial charge in [0.1, 0.15) is 11.6 Å². The number of nitrogens with one attached hydrogen (secondary N) is 1. The molecule has 29 heavy (non-hydrogen) atoms. The summed E-state index contributed by atoms with van der Waals surface area (Å²) in [5.74, 6) is -0.485. The van der Waals surface area contributed by atoms with E-state index in [1.165, 1.54) is 42.3 Å². The molecule has 0 fully saturated rings. The van der Waals surface area contributed by atoms with E-state index in [0.29, 0.717) is 17.2 Å². The maximum absolute atomic E-state index is 13.2. The molecule has 1 aromatic heterocycles. The summed E-state index contributed by atoms with van der Waals surface area (Å²) in [6.45, 7) is 5.41. The average molecular weight is 391 g/mol. The molecule has 2 aromatic carbocycles. The molecule has 0 radical (unpaired) electrons. The predicted molar refractivity (Wildman–Crippen MR) is 112 cm³/mol. The highest BCUT2D eigenvalue weighted by Crippen LogP contribution is 2.26. The van der Waals surface area contributed by atoms with Crippen LogP contribution in [0, 0.1) is 19.7 Å². The molecule has 148 valence electrons. The van der Waals surface area contributed by atoms with Gasteiger partial charge in [0.25, 0.3) is 0 Å². The lowest BCUT2D eigenvalue weighted by molar-refractivity contribution is -0.116. The van der Waals surface area contributed by atoms with Crippen LogP contribution in [0.25, 0.3) is 0 Å². The summed E-state index contributed by atoms with van der Waals surface area (Å²) in [5, 5.41) is 2.85. The Kier molecular flexibility index (Phi) is 6.02. The highest BCUT2D eigenvalue weighted by atomic mass is 19.1. The number of aromatic nitrogens is 1. The number of benzene rings is 2. The largest absolute Gasteiger partial charge is 0.326 e. The van der Waals surface area contributed by atoms with E-state index in [-0.39, 0.29) is 18.2 Å². The quantitative estimate of drug-likeness (QED) is 0.686. The van der Waals surface area contributed by atoms with E-state index < -0.39 is 5.82 Å². The molecule has 6 heteroatoms. The van der Waals surface area contributed by atoms with Crippen molar-refractivity contribution in [2.45, 2.75) is 27.2 Å². The molecule has 0 spiro atoms. The minimum Gasteiger partial charge on any atom is -0.326 e. The molecule has 0 saturated carbocycles.